The van der Waals surface area contributed by atoms with Gasteiger partial charge in [0.1, 0.15) is 0 Å². The second kappa shape index (κ2) is 7.04. The third-order valence-electron chi connectivity index (χ3n) is 5.01. The van der Waals surface area contributed by atoms with E-state index in [1.807, 2.05) is 41.4 Å². The van der Waals surface area contributed by atoms with Gasteiger partial charge in [-0.05, 0) is 48.4 Å². The van der Waals surface area contributed by atoms with Crippen molar-refractivity contribution in [3.8, 4) is 0 Å². The fourth-order valence-electron chi connectivity index (χ4n) is 3.44. The summed E-state index contributed by atoms with van der Waals surface area (Å²) in [6.45, 7) is 3.57. The lowest BCUT2D eigenvalue weighted by Crippen LogP contribution is -2.38. The van der Waals surface area contributed by atoms with Crippen molar-refractivity contribution in [3.63, 3.8) is 0 Å². The number of carbonyl (C=O) groups excluding carboxylic acids is 1. The van der Waals surface area contributed by atoms with Crippen molar-refractivity contribution in [1.29, 1.82) is 0 Å². The van der Waals surface area contributed by atoms with E-state index in [-0.39, 0.29) is 11.5 Å². The van der Waals surface area contributed by atoms with Crippen LogP contribution in [0.2, 0.25) is 0 Å². The molecule has 1 aliphatic rings. The van der Waals surface area contributed by atoms with Crippen LogP contribution in [0.4, 0.5) is 0 Å². The second-order valence-electron chi connectivity index (χ2n) is 6.49. The average molecular weight is 324 g/mol. The summed E-state index contributed by atoms with van der Waals surface area (Å²) in [5.41, 5.74) is 3.06. The molecule has 0 atom stereocenters. The molecule has 4 heteroatoms. The normalized spacial score (nSPS) is 15.5. The Bertz CT molecular complexity index is 786. The lowest BCUT2D eigenvalue weighted by Gasteiger charge is -2.32. The molecule has 2 heterocycles. The van der Waals surface area contributed by atoms with Gasteiger partial charge in [0.25, 0.3) is 11.5 Å². The van der Waals surface area contributed by atoms with E-state index in [0.717, 1.165) is 49.0 Å². The predicted molar refractivity (Wildman–Crippen MR) is 95.4 cm³/mol. The zero-order valence-corrected chi connectivity index (χ0v) is 14.4. The van der Waals surface area contributed by atoms with Gasteiger partial charge in [-0.3, -0.25) is 9.59 Å². The molecule has 2 aromatic rings. The molecule has 24 heavy (non-hydrogen) atoms. The number of aryl methyl sites for hydroxylation is 2. The summed E-state index contributed by atoms with van der Waals surface area (Å²) in [6.07, 6.45) is 4.51. The first kappa shape index (κ1) is 16.5. The lowest BCUT2D eigenvalue weighted by molar-refractivity contribution is 0.0712. The molecule has 1 aromatic carbocycles. The number of aromatic nitrogens is 1. The van der Waals surface area contributed by atoms with Gasteiger partial charge in [-0.2, -0.15) is 0 Å². The second-order valence-corrected chi connectivity index (χ2v) is 6.49. The van der Waals surface area contributed by atoms with Crippen molar-refractivity contribution in [2.24, 2.45) is 7.05 Å². The zero-order chi connectivity index (χ0) is 17.1. The van der Waals surface area contributed by atoms with Crippen molar-refractivity contribution < 1.29 is 4.79 Å². The van der Waals surface area contributed by atoms with Crippen molar-refractivity contribution in [2.45, 2.75) is 32.1 Å². The van der Waals surface area contributed by atoms with Gasteiger partial charge >= 0.3 is 0 Å². The zero-order valence-electron chi connectivity index (χ0n) is 14.4. The number of hydrogen-bond donors (Lipinski definition) is 0. The van der Waals surface area contributed by atoms with E-state index in [0.29, 0.717) is 5.92 Å². The highest BCUT2D eigenvalue weighted by molar-refractivity contribution is 5.95. The van der Waals surface area contributed by atoms with E-state index in [4.69, 9.17) is 0 Å². The van der Waals surface area contributed by atoms with Gasteiger partial charge in [-0.15, -0.1) is 0 Å². The molecule has 0 spiro atoms. The molecule has 0 aliphatic carbocycles. The number of benzene rings is 1. The number of nitrogens with zero attached hydrogens (tertiary/aromatic N) is 2. The Kier molecular flexibility index (Phi) is 4.84. The van der Waals surface area contributed by atoms with Crippen LogP contribution in [0.15, 0.2) is 47.4 Å². The van der Waals surface area contributed by atoms with Gasteiger partial charge in [0.15, 0.2) is 0 Å². The lowest BCUT2D eigenvalue weighted by atomic mass is 9.89. The van der Waals surface area contributed by atoms with E-state index in [2.05, 4.69) is 6.92 Å². The highest BCUT2D eigenvalue weighted by Gasteiger charge is 2.25. The quantitative estimate of drug-likeness (QED) is 0.871. The van der Waals surface area contributed by atoms with Crippen LogP contribution in [0.5, 0.6) is 0 Å². The maximum atomic E-state index is 12.8. The summed E-state index contributed by atoms with van der Waals surface area (Å²) in [7, 11) is 1.76. The van der Waals surface area contributed by atoms with Gasteiger partial charge in [-0.1, -0.05) is 25.1 Å². The molecular weight excluding hydrogens is 300 g/mol. The minimum absolute atomic E-state index is 0.0304. The standard InChI is InChI=1S/C20H24N2O2/c1-3-15-6-4-5-7-18(15)20(24)22-12-9-16(10-13-22)17-8-11-21(2)19(23)14-17/h4-8,11,14,16H,3,9-10,12-13H2,1-2H3. The highest BCUT2D eigenvalue weighted by Crippen LogP contribution is 2.28. The van der Waals surface area contributed by atoms with Crippen LogP contribution >= 0.6 is 0 Å². The third-order valence-corrected chi connectivity index (χ3v) is 5.01. The fourth-order valence-corrected chi connectivity index (χ4v) is 3.44. The van der Waals surface area contributed by atoms with Gasteiger partial charge in [0.2, 0.25) is 0 Å². The number of carbonyl (C=O) groups is 1. The van der Waals surface area contributed by atoms with Crippen LogP contribution in [0.25, 0.3) is 0 Å². The topological polar surface area (TPSA) is 42.3 Å². The van der Waals surface area contributed by atoms with Crippen molar-refractivity contribution in [1.82, 2.24) is 9.47 Å². The van der Waals surface area contributed by atoms with Crippen LogP contribution in [0.1, 0.15) is 47.2 Å². The highest BCUT2D eigenvalue weighted by atomic mass is 16.2. The van der Waals surface area contributed by atoms with Gasteiger partial charge in [0, 0.05) is 38.0 Å². The molecule has 3 rings (SSSR count). The maximum absolute atomic E-state index is 12.8. The first-order chi connectivity index (χ1) is 11.6. The summed E-state index contributed by atoms with van der Waals surface area (Å²) in [4.78, 5) is 26.6. The first-order valence-corrected chi connectivity index (χ1v) is 8.64. The summed E-state index contributed by atoms with van der Waals surface area (Å²) in [5.74, 6) is 0.499. The summed E-state index contributed by atoms with van der Waals surface area (Å²) in [6, 6.07) is 11.6. The van der Waals surface area contributed by atoms with Crippen LogP contribution in [-0.2, 0) is 13.5 Å². The molecule has 0 N–H and O–H groups in total. The van der Waals surface area contributed by atoms with E-state index in [9.17, 15) is 9.59 Å². The Hall–Kier alpha value is -2.36. The van der Waals surface area contributed by atoms with E-state index < -0.39 is 0 Å². The Labute approximate surface area is 142 Å². The van der Waals surface area contributed by atoms with Crippen LogP contribution in [0.3, 0.4) is 0 Å². The van der Waals surface area contributed by atoms with E-state index >= 15 is 0 Å². The molecule has 0 bridgehead atoms. The third kappa shape index (κ3) is 3.28. The Morgan fingerprint density at radius 3 is 2.54 bits per heavy atom. The molecule has 0 radical (unpaired) electrons. The number of piperidine rings is 1. The van der Waals surface area contributed by atoms with Gasteiger partial charge < -0.3 is 9.47 Å². The SMILES string of the molecule is CCc1ccccc1C(=O)N1CCC(c2ccn(C)c(=O)c2)CC1. The van der Waals surface area contributed by atoms with Gasteiger partial charge in [-0.25, -0.2) is 0 Å². The Balaban J connectivity index is 1.69. The van der Waals surface area contributed by atoms with Crippen molar-refractivity contribution in [3.05, 3.63) is 69.6 Å². The monoisotopic (exact) mass is 324 g/mol. The number of rotatable bonds is 3. The maximum Gasteiger partial charge on any atom is 0.254 e. The largest absolute Gasteiger partial charge is 0.339 e. The molecule has 1 amide bonds. The average Bonchev–Trinajstić information content (AvgIpc) is 2.63. The van der Waals surface area contributed by atoms with Crippen LogP contribution in [-0.4, -0.2) is 28.5 Å². The molecule has 0 saturated carbocycles. The van der Waals surface area contributed by atoms with Crippen LogP contribution < -0.4 is 5.56 Å². The number of likely N-dealkylation sites (tertiary alicyclic amines) is 1. The molecule has 0 unspecified atom stereocenters. The van der Waals surface area contributed by atoms with Crippen LogP contribution in [0, 0.1) is 0 Å². The first-order valence-electron chi connectivity index (χ1n) is 8.64. The number of pyridine rings is 1. The molecule has 1 aliphatic heterocycles. The summed E-state index contributed by atoms with van der Waals surface area (Å²) in [5, 5.41) is 0. The molecule has 1 aromatic heterocycles. The molecule has 1 fully saturated rings. The molecule has 126 valence electrons. The summed E-state index contributed by atoms with van der Waals surface area (Å²) >= 11 is 0. The Morgan fingerprint density at radius 1 is 1.17 bits per heavy atom. The minimum Gasteiger partial charge on any atom is -0.339 e. The summed E-state index contributed by atoms with van der Waals surface area (Å²) < 4.78 is 1.59. The Morgan fingerprint density at radius 2 is 1.88 bits per heavy atom. The fraction of sp³-hybridized carbons (Fsp3) is 0.400. The van der Waals surface area contributed by atoms with Crippen molar-refractivity contribution >= 4 is 5.91 Å². The smallest absolute Gasteiger partial charge is 0.254 e. The van der Waals surface area contributed by atoms with E-state index in [1.165, 1.54) is 0 Å². The van der Waals surface area contributed by atoms with Gasteiger partial charge in [0.05, 0.1) is 0 Å². The minimum atomic E-state index is 0.0304. The molecule has 4 nitrogen and oxygen atoms in total. The molecule has 1 saturated heterocycles. The molecular formula is C20H24N2O2. The number of hydrogen-bond acceptors (Lipinski definition) is 2. The van der Waals surface area contributed by atoms with E-state index in [1.54, 1.807) is 17.7 Å². The number of amides is 1. The van der Waals surface area contributed by atoms with Crippen molar-refractivity contribution in [2.75, 3.05) is 13.1 Å². The predicted octanol–water partition coefficient (Wildman–Crippen LogP) is 2.97.